The van der Waals surface area contributed by atoms with Crippen molar-refractivity contribution in [3.63, 3.8) is 0 Å². The number of anilines is 1. The summed E-state index contributed by atoms with van der Waals surface area (Å²) >= 11 is 0. The first-order valence-corrected chi connectivity index (χ1v) is 10.7. The van der Waals surface area contributed by atoms with Crippen LogP contribution < -0.4 is 10.2 Å². The molecule has 3 rings (SSSR count). The van der Waals surface area contributed by atoms with E-state index in [2.05, 4.69) is 66.2 Å². The van der Waals surface area contributed by atoms with Crippen molar-refractivity contribution < 1.29 is 4.79 Å². The van der Waals surface area contributed by atoms with Crippen LogP contribution in [0.1, 0.15) is 46.5 Å². The van der Waals surface area contributed by atoms with E-state index in [0.29, 0.717) is 5.41 Å². The molecule has 0 aromatic heterocycles. The Labute approximate surface area is 165 Å². The molecule has 1 aromatic carbocycles. The van der Waals surface area contributed by atoms with E-state index < -0.39 is 0 Å². The summed E-state index contributed by atoms with van der Waals surface area (Å²) in [6, 6.07) is 10.6. The first kappa shape index (κ1) is 20.2. The maximum atomic E-state index is 12.5. The van der Waals surface area contributed by atoms with Gasteiger partial charge in [-0.3, -0.25) is 9.69 Å². The Hall–Kier alpha value is -1.55. The standard InChI is InChI=1S/C23H37N3O/c1-23(2,3)20-11-9-19(10-12-20)22(27)24-13-14-25-15-17-26(18-16-25)21-7-5-4-6-8-21/h4-8,19-20H,9-18H2,1-3H3,(H,24,27). The average molecular weight is 372 g/mol. The molecule has 27 heavy (non-hydrogen) atoms. The van der Waals surface area contributed by atoms with Crippen LogP contribution in [0.2, 0.25) is 0 Å². The third kappa shape index (κ3) is 5.71. The minimum Gasteiger partial charge on any atom is -0.369 e. The van der Waals surface area contributed by atoms with E-state index >= 15 is 0 Å². The summed E-state index contributed by atoms with van der Waals surface area (Å²) in [5.74, 6) is 1.28. The van der Waals surface area contributed by atoms with Crippen LogP contribution in [-0.4, -0.2) is 50.1 Å². The molecule has 0 atom stereocenters. The van der Waals surface area contributed by atoms with Gasteiger partial charge in [-0.25, -0.2) is 0 Å². The van der Waals surface area contributed by atoms with Gasteiger partial charge in [0.2, 0.25) is 5.91 Å². The zero-order valence-corrected chi connectivity index (χ0v) is 17.4. The van der Waals surface area contributed by atoms with Crippen molar-refractivity contribution in [2.75, 3.05) is 44.2 Å². The number of benzene rings is 1. The molecule has 1 saturated heterocycles. The maximum absolute atomic E-state index is 12.5. The Bertz CT molecular complexity index is 579. The molecule has 1 saturated carbocycles. The summed E-state index contributed by atoms with van der Waals surface area (Å²) in [6.07, 6.45) is 4.51. The number of hydrogen-bond acceptors (Lipinski definition) is 3. The van der Waals surface area contributed by atoms with Crippen LogP contribution >= 0.6 is 0 Å². The summed E-state index contributed by atoms with van der Waals surface area (Å²) < 4.78 is 0. The molecule has 1 aliphatic heterocycles. The zero-order chi connectivity index (χ0) is 19.3. The van der Waals surface area contributed by atoms with Gasteiger partial charge in [0, 0.05) is 50.9 Å². The van der Waals surface area contributed by atoms with Gasteiger partial charge in [-0.15, -0.1) is 0 Å². The fourth-order valence-corrected chi connectivity index (χ4v) is 4.57. The van der Waals surface area contributed by atoms with E-state index in [4.69, 9.17) is 0 Å². The van der Waals surface area contributed by atoms with E-state index in [0.717, 1.165) is 58.0 Å². The lowest BCUT2D eigenvalue weighted by Crippen LogP contribution is -2.48. The molecule has 1 aromatic rings. The van der Waals surface area contributed by atoms with Crippen LogP contribution in [0.5, 0.6) is 0 Å². The molecule has 1 N–H and O–H groups in total. The van der Waals surface area contributed by atoms with Crippen molar-refractivity contribution in [3.05, 3.63) is 30.3 Å². The highest BCUT2D eigenvalue weighted by Crippen LogP contribution is 2.39. The van der Waals surface area contributed by atoms with Crippen LogP contribution in [0.25, 0.3) is 0 Å². The Balaban J connectivity index is 1.32. The quantitative estimate of drug-likeness (QED) is 0.856. The van der Waals surface area contributed by atoms with Crippen LogP contribution in [-0.2, 0) is 4.79 Å². The van der Waals surface area contributed by atoms with Crippen LogP contribution in [0, 0.1) is 17.3 Å². The highest BCUT2D eigenvalue weighted by atomic mass is 16.1. The van der Waals surface area contributed by atoms with Crippen LogP contribution in [0.15, 0.2) is 30.3 Å². The van der Waals surface area contributed by atoms with Crippen molar-refractivity contribution in [2.24, 2.45) is 17.3 Å². The topological polar surface area (TPSA) is 35.6 Å². The van der Waals surface area contributed by atoms with Gasteiger partial charge in [0.1, 0.15) is 0 Å². The Morgan fingerprint density at radius 3 is 2.22 bits per heavy atom. The summed E-state index contributed by atoms with van der Waals surface area (Å²) in [4.78, 5) is 17.4. The number of hydrogen-bond donors (Lipinski definition) is 1. The number of nitrogens with zero attached hydrogens (tertiary/aromatic N) is 2. The summed E-state index contributed by atoms with van der Waals surface area (Å²) in [6.45, 7) is 13.0. The van der Waals surface area contributed by atoms with E-state index in [-0.39, 0.29) is 11.8 Å². The Kier molecular flexibility index (Phi) is 6.80. The van der Waals surface area contributed by atoms with Crippen molar-refractivity contribution in [3.8, 4) is 0 Å². The predicted octanol–water partition coefficient (Wildman–Crippen LogP) is 3.78. The lowest BCUT2D eigenvalue weighted by atomic mass is 9.70. The second-order valence-corrected chi connectivity index (χ2v) is 9.37. The monoisotopic (exact) mass is 371 g/mol. The predicted molar refractivity (Wildman–Crippen MR) is 113 cm³/mol. The van der Waals surface area contributed by atoms with Gasteiger partial charge in [0.25, 0.3) is 0 Å². The molecule has 0 bridgehead atoms. The fourth-order valence-electron chi connectivity index (χ4n) is 4.57. The van der Waals surface area contributed by atoms with Crippen molar-refractivity contribution in [1.82, 2.24) is 10.2 Å². The third-order valence-electron chi connectivity index (χ3n) is 6.54. The number of amides is 1. The molecule has 150 valence electrons. The van der Waals surface area contributed by atoms with Crippen molar-refractivity contribution >= 4 is 11.6 Å². The summed E-state index contributed by atoms with van der Waals surface area (Å²) in [5, 5.41) is 3.20. The van der Waals surface area contributed by atoms with E-state index in [9.17, 15) is 4.79 Å². The lowest BCUT2D eigenvalue weighted by Gasteiger charge is -2.37. The van der Waals surface area contributed by atoms with Crippen LogP contribution in [0.3, 0.4) is 0 Å². The molecule has 0 unspecified atom stereocenters. The number of rotatable bonds is 5. The number of carbonyl (C=O) groups is 1. The summed E-state index contributed by atoms with van der Waals surface area (Å²) in [7, 11) is 0. The SMILES string of the molecule is CC(C)(C)C1CCC(C(=O)NCCN2CCN(c3ccccc3)CC2)CC1. The molecule has 2 fully saturated rings. The van der Waals surface area contributed by atoms with Crippen molar-refractivity contribution in [2.45, 2.75) is 46.5 Å². The minimum atomic E-state index is 0.235. The van der Waals surface area contributed by atoms with E-state index in [1.807, 2.05) is 0 Å². The zero-order valence-electron chi connectivity index (χ0n) is 17.4. The molecule has 1 aliphatic carbocycles. The minimum absolute atomic E-state index is 0.235. The highest BCUT2D eigenvalue weighted by molar-refractivity contribution is 5.78. The molecule has 2 aliphatic rings. The molecule has 4 nitrogen and oxygen atoms in total. The molecule has 1 amide bonds. The van der Waals surface area contributed by atoms with Gasteiger partial charge < -0.3 is 10.2 Å². The summed E-state index contributed by atoms with van der Waals surface area (Å²) in [5.41, 5.74) is 1.69. The third-order valence-corrected chi connectivity index (χ3v) is 6.54. The van der Waals surface area contributed by atoms with Gasteiger partial charge in [0.15, 0.2) is 0 Å². The van der Waals surface area contributed by atoms with Gasteiger partial charge in [-0.05, 0) is 49.1 Å². The highest BCUT2D eigenvalue weighted by Gasteiger charge is 2.32. The molecule has 4 heteroatoms. The lowest BCUT2D eigenvalue weighted by molar-refractivity contribution is -0.126. The van der Waals surface area contributed by atoms with E-state index in [1.165, 1.54) is 18.5 Å². The number of nitrogens with one attached hydrogen (secondary N) is 1. The number of para-hydroxylation sites is 1. The van der Waals surface area contributed by atoms with E-state index in [1.54, 1.807) is 0 Å². The molecule has 0 spiro atoms. The molecule has 1 heterocycles. The average Bonchev–Trinajstić information content (AvgIpc) is 2.68. The molecular formula is C23H37N3O. The Morgan fingerprint density at radius 2 is 1.63 bits per heavy atom. The van der Waals surface area contributed by atoms with Crippen LogP contribution in [0.4, 0.5) is 5.69 Å². The normalized spacial score (nSPS) is 24.6. The van der Waals surface area contributed by atoms with Gasteiger partial charge >= 0.3 is 0 Å². The molecular weight excluding hydrogens is 334 g/mol. The second-order valence-electron chi connectivity index (χ2n) is 9.37. The second kappa shape index (κ2) is 9.09. The maximum Gasteiger partial charge on any atom is 0.223 e. The van der Waals surface area contributed by atoms with Crippen molar-refractivity contribution in [1.29, 1.82) is 0 Å². The largest absolute Gasteiger partial charge is 0.369 e. The first-order valence-electron chi connectivity index (χ1n) is 10.7. The van der Waals surface area contributed by atoms with Gasteiger partial charge in [0.05, 0.1) is 0 Å². The molecule has 0 radical (unpaired) electrons. The fraction of sp³-hybridized carbons (Fsp3) is 0.696. The number of carbonyl (C=O) groups excluding carboxylic acids is 1. The smallest absolute Gasteiger partial charge is 0.223 e. The number of piperazine rings is 1. The van der Waals surface area contributed by atoms with Gasteiger partial charge in [-0.1, -0.05) is 39.0 Å². The van der Waals surface area contributed by atoms with Gasteiger partial charge in [-0.2, -0.15) is 0 Å². The Morgan fingerprint density at radius 1 is 1.00 bits per heavy atom. The first-order chi connectivity index (χ1) is 12.9.